The molecule has 2 aliphatic rings. The van der Waals surface area contributed by atoms with Crippen LogP contribution >= 0.6 is 0 Å². The van der Waals surface area contributed by atoms with Gasteiger partial charge in [0.1, 0.15) is 0 Å². The molecule has 0 aliphatic carbocycles. The minimum absolute atomic E-state index is 0.0873. The molecule has 2 aromatic rings. The standard InChI is InChI=1S/C20H27N5O3/c26-19(21-7-11-23-12-14-28-15-13-23)18-22-17(16-6-2-5-10-25(16)18)20(27)24-8-3-1-4-9-24/h2,5-6,10H,1,3-4,7-9,11-15H2,(H,21,26). The normalized spacial score (nSPS) is 18.4. The topological polar surface area (TPSA) is 79.2 Å². The summed E-state index contributed by atoms with van der Waals surface area (Å²) in [5, 5.41) is 2.94. The van der Waals surface area contributed by atoms with Crippen molar-refractivity contribution in [1.82, 2.24) is 24.5 Å². The zero-order valence-electron chi connectivity index (χ0n) is 16.1. The van der Waals surface area contributed by atoms with Crippen LogP contribution in [-0.2, 0) is 4.74 Å². The van der Waals surface area contributed by atoms with Gasteiger partial charge in [-0.25, -0.2) is 4.98 Å². The number of amides is 2. The number of fused-ring (bicyclic) bond motifs is 1. The molecule has 0 saturated carbocycles. The lowest BCUT2D eigenvalue weighted by Crippen LogP contribution is -2.41. The summed E-state index contributed by atoms with van der Waals surface area (Å²) in [6, 6.07) is 5.55. The molecule has 4 rings (SSSR count). The number of carbonyl (C=O) groups excluding carboxylic acids is 2. The Labute approximate surface area is 164 Å². The first kappa shape index (κ1) is 18.9. The van der Waals surface area contributed by atoms with E-state index >= 15 is 0 Å². The minimum atomic E-state index is -0.257. The molecule has 0 atom stereocenters. The van der Waals surface area contributed by atoms with Crippen molar-refractivity contribution in [3.05, 3.63) is 35.9 Å². The average Bonchev–Trinajstić information content (AvgIpc) is 3.14. The van der Waals surface area contributed by atoms with Crippen molar-refractivity contribution in [1.29, 1.82) is 0 Å². The molecule has 2 amide bonds. The van der Waals surface area contributed by atoms with Gasteiger partial charge in [0.2, 0.25) is 5.82 Å². The number of likely N-dealkylation sites (tertiary alicyclic amines) is 1. The number of aromatic nitrogens is 2. The number of morpholine rings is 1. The van der Waals surface area contributed by atoms with E-state index in [0.717, 1.165) is 65.2 Å². The highest BCUT2D eigenvalue weighted by atomic mass is 16.5. The second-order valence-corrected chi connectivity index (χ2v) is 7.30. The molecule has 0 unspecified atom stereocenters. The predicted molar refractivity (Wildman–Crippen MR) is 105 cm³/mol. The van der Waals surface area contributed by atoms with E-state index in [2.05, 4.69) is 15.2 Å². The fourth-order valence-electron chi connectivity index (χ4n) is 3.83. The number of ether oxygens (including phenoxy) is 1. The first-order valence-corrected chi connectivity index (χ1v) is 10.1. The summed E-state index contributed by atoms with van der Waals surface area (Å²) in [4.78, 5) is 34.3. The van der Waals surface area contributed by atoms with Crippen LogP contribution in [0.15, 0.2) is 24.4 Å². The molecule has 2 saturated heterocycles. The third-order valence-electron chi connectivity index (χ3n) is 5.41. The van der Waals surface area contributed by atoms with E-state index in [1.54, 1.807) is 10.6 Å². The van der Waals surface area contributed by atoms with E-state index in [1.165, 1.54) is 0 Å². The lowest BCUT2D eigenvalue weighted by atomic mass is 10.1. The predicted octanol–water partition coefficient (Wildman–Crippen LogP) is 1.02. The Hall–Kier alpha value is -2.45. The van der Waals surface area contributed by atoms with Gasteiger partial charge in [0.15, 0.2) is 5.69 Å². The SMILES string of the molecule is O=C(NCCN1CCOCC1)c1nc(C(=O)N2CCCCC2)c2ccccn12. The van der Waals surface area contributed by atoms with Crippen molar-refractivity contribution in [2.45, 2.75) is 19.3 Å². The monoisotopic (exact) mass is 385 g/mol. The van der Waals surface area contributed by atoms with E-state index in [4.69, 9.17) is 4.74 Å². The maximum Gasteiger partial charge on any atom is 0.287 e. The third-order valence-corrected chi connectivity index (χ3v) is 5.41. The summed E-state index contributed by atoms with van der Waals surface area (Å²) in [5.74, 6) is -0.0825. The van der Waals surface area contributed by atoms with Crippen molar-refractivity contribution in [2.75, 3.05) is 52.5 Å². The van der Waals surface area contributed by atoms with Crippen molar-refractivity contribution >= 4 is 17.3 Å². The van der Waals surface area contributed by atoms with Gasteiger partial charge in [0.05, 0.1) is 18.7 Å². The number of carbonyl (C=O) groups is 2. The van der Waals surface area contributed by atoms with E-state index in [9.17, 15) is 9.59 Å². The molecule has 0 spiro atoms. The first-order valence-electron chi connectivity index (χ1n) is 10.1. The smallest absolute Gasteiger partial charge is 0.287 e. The average molecular weight is 385 g/mol. The van der Waals surface area contributed by atoms with E-state index < -0.39 is 0 Å². The molecule has 0 aromatic carbocycles. The van der Waals surface area contributed by atoms with Gasteiger partial charge in [-0.1, -0.05) is 6.07 Å². The molecule has 8 heteroatoms. The van der Waals surface area contributed by atoms with Crippen LogP contribution in [-0.4, -0.2) is 83.5 Å². The summed E-state index contributed by atoms with van der Waals surface area (Å²) in [5.41, 5.74) is 1.04. The molecule has 2 aliphatic heterocycles. The van der Waals surface area contributed by atoms with Crippen molar-refractivity contribution in [3.63, 3.8) is 0 Å². The van der Waals surface area contributed by atoms with Crippen molar-refractivity contribution in [2.24, 2.45) is 0 Å². The Morgan fingerprint density at radius 2 is 1.86 bits per heavy atom. The maximum absolute atomic E-state index is 13.0. The Morgan fingerprint density at radius 3 is 2.64 bits per heavy atom. The Bertz CT molecular complexity index is 837. The lowest BCUT2D eigenvalue weighted by molar-refractivity contribution is 0.0383. The van der Waals surface area contributed by atoms with Crippen LogP contribution in [0.5, 0.6) is 0 Å². The molecular weight excluding hydrogens is 358 g/mol. The molecule has 150 valence electrons. The molecular formula is C20H27N5O3. The highest BCUT2D eigenvalue weighted by molar-refractivity contribution is 6.02. The Balaban J connectivity index is 1.48. The third kappa shape index (κ3) is 4.02. The number of piperidine rings is 1. The van der Waals surface area contributed by atoms with Crippen LogP contribution in [0.4, 0.5) is 0 Å². The Kier molecular flexibility index (Phi) is 5.87. The molecule has 4 heterocycles. The summed E-state index contributed by atoms with van der Waals surface area (Å²) < 4.78 is 7.05. The van der Waals surface area contributed by atoms with Gasteiger partial charge in [-0.2, -0.15) is 0 Å². The molecule has 8 nitrogen and oxygen atoms in total. The maximum atomic E-state index is 13.0. The largest absolute Gasteiger partial charge is 0.379 e. The number of pyridine rings is 1. The first-order chi connectivity index (χ1) is 13.7. The quantitative estimate of drug-likeness (QED) is 0.831. The summed E-state index contributed by atoms with van der Waals surface area (Å²) in [6.07, 6.45) is 4.98. The fourth-order valence-corrected chi connectivity index (χ4v) is 3.83. The molecule has 1 N–H and O–H groups in total. The highest BCUT2D eigenvalue weighted by Crippen LogP contribution is 2.18. The number of hydrogen-bond donors (Lipinski definition) is 1. The molecule has 28 heavy (non-hydrogen) atoms. The van der Waals surface area contributed by atoms with Gasteiger partial charge in [-0.3, -0.25) is 18.9 Å². The summed E-state index contributed by atoms with van der Waals surface area (Å²) in [7, 11) is 0. The van der Waals surface area contributed by atoms with Gasteiger partial charge < -0.3 is 15.0 Å². The van der Waals surface area contributed by atoms with E-state index in [0.29, 0.717) is 17.8 Å². The van der Waals surface area contributed by atoms with Crippen LogP contribution in [0.1, 0.15) is 40.4 Å². The summed E-state index contributed by atoms with van der Waals surface area (Å²) in [6.45, 7) is 6.07. The van der Waals surface area contributed by atoms with Gasteiger partial charge in [-0.15, -0.1) is 0 Å². The number of imidazole rings is 1. The van der Waals surface area contributed by atoms with E-state index in [1.807, 2.05) is 23.1 Å². The number of rotatable bonds is 5. The van der Waals surface area contributed by atoms with Gasteiger partial charge in [-0.05, 0) is 31.4 Å². The van der Waals surface area contributed by atoms with Gasteiger partial charge in [0.25, 0.3) is 11.8 Å². The zero-order valence-corrected chi connectivity index (χ0v) is 16.1. The Morgan fingerprint density at radius 1 is 1.07 bits per heavy atom. The van der Waals surface area contributed by atoms with Crippen molar-refractivity contribution in [3.8, 4) is 0 Å². The number of nitrogens with one attached hydrogen (secondary N) is 1. The van der Waals surface area contributed by atoms with E-state index in [-0.39, 0.29) is 17.6 Å². The number of nitrogens with zero attached hydrogens (tertiary/aromatic N) is 4. The highest BCUT2D eigenvalue weighted by Gasteiger charge is 2.26. The lowest BCUT2D eigenvalue weighted by Gasteiger charge is -2.26. The van der Waals surface area contributed by atoms with Crippen molar-refractivity contribution < 1.29 is 14.3 Å². The minimum Gasteiger partial charge on any atom is -0.379 e. The molecule has 0 bridgehead atoms. The molecule has 2 fully saturated rings. The summed E-state index contributed by atoms with van der Waals surface area (Å²) >= 11 is 0. The van der Waals surface area contributed by atoms with Gasteiger partial charge >= 0.3 is 0 Å². The van der Waals surface area contributed by atoms with Crippen LogP contribution in [0.3, 0.4) is 0 Å². The second kappa shape index (κ2) is 8.70. The van der Waals surface area contributed by atoms with Crippen LogP contribution in [0.25, 0.3) is 5.52 Å². The number of hydrogen-bond acceptors (Lipinski definition) is 5. The second-order valence-electron chi connectivity index (χ2n) is 7.30. The molecule has 0 radical (unpaired) electrons. The van der Waals surface area contributed by atoms with Gasteiger partial charge in [0, 0.05) is 45.5 Å². The van der Waals surface area contributed by atoms with Crippen LogP contribution < -0.4 is 5.32 Å². The zero-order chi connectivity index (χ0) is 19.3. The molecule has 2 aromatic heterocycles. The van der Waals surface area contributed by atoms with Crippen LogP contribution in [0, 0.1) is 0 Å². The van der Waals surface area contributed by atoms with Crippen LogP contribution in [0.2, 0.25) is 0 Å². The fraction of sp³-hybridized carbons (Fsp3) is 0.550.